The van der Waals surface area contributed by atoms with E-state index in [0.717, 1.165) is 58.8 Å². The van der Waals surface area contributed by atoms with Crippen LogP contribution in [0.4, 0.5) is 65.9 Å². The number of carbonyl (C=O) groups excluding carboxylic acids is 12. The van der Waals surface area contributed by atoms with E-state index < -0.39 is 204 Å². The highest BCUT2D eigenvalue weighted by atomic mass is 35.5. The number of halogens is 16. The van der Waals surface area contributed by atoms with Crippen LogP contribution in [0.5, 0.6) is 0 Å². The summed E-state index contributed by atoms with van der Waals surface area (Å²) in [7, 11) is 5.93. The first-order chi connectivity index (χ1) is 64.2. The van der Waals surface area contributed by atoms with Crippen molar-refractivity contribution < 1.29 is 171 Å². The summed E-state index contributed by atoms with van der Waals surface area (Å²) in [5.74, 6) is -16.5. The van der Waals surface area contributed by atoms with Gasteiger partial charge in [-0.05, 0) is 94.1 Å². The lowest BCUT2D eigenvalue weighted by atomic mass is 9.78. The number of hydrogen-bond acceptors (Lipinski definition) is 27. The molecule has 0 radical (unpaired) electrons. The number of methoxy groups -OCH3 is 5. The normalized spacial score (nSPS) is 18.3. The number of ether oxygens (including phenoxy) is 10. The number of ketones is 1. The van der Waals surface area contributed by atoms with Crippen LogP contribution in [0, 0.1) is 29.1 Å². The van der Waals surface area contributed by atoms with Crippen LogP contribution < -0.4 is 27.0 Å². The molecule has 13 rings (SSSR count). The summed E-state index contributed by atoms with van der Waals surface area (Å²) in [5, 5.41) is 11.6. The third-order valence-electron chi connectivity index (χ3n) is 20.9. The van der Waals surface area contributed by atoms with E-state index >= 15 is 0 Å². The first-order valence-electron chi connectivity index (χ1n) is 40.2. The molecule has 8 aliphatic rings. The number of Topliss-reactive ketones (excluding diaryl/α,β-unsaturated/α-hetero) is 1. The predicted octanol–water partition coefficient (Wildman–Crippen LogP) is 14.4. The molecule has 0 bridgehead atoms. The molecule has 8 aliphatic heterocycles. The Hall–Kier alpha value is -14.0. The summed E-state index contributed by atoms with van der Waals surface area (Å²) in [6, 6.07) is 18.2. The zero-order chi connectivity index (χ0) is 100. The first-order valence-corrected chi connectivity index (χ1v) is 40.7. The van der Waals surface area contributed by atoms with Crippen molar-refractivity contribution >= 4 is 83.4 Å². The highest BCUT2D eigenvalue weighted by Gasteiger charge is 2.49. The van der Waals surface area contributed by atoms with E-state index in [0.29, 0.717) is 64.2 Å². The van der Waals surface area contributed by atoms with Gasteiger partial charge in [-0.15, -0.1) is 11.6 Å². The second-order valence-electron chi connectivity index (χ2n) is 29.2. The monoisotopic (exact) mass is 1940 g/mol. The third kappa shape index (κ3) is 24.9. The van der Waals surface area contributed by atoms with Gasteiger partial charge in [0, 0.05) is 67.9 Å². The maximum absolute atomic E-state index is 14.3. The summed E-state index contributed by atoms with van der Waals surface area (Å²) in [4.78, 5) is 140. The van der Waals surface area contributed by atoms with E-state index in [1.165, 1.54) is 73.8 Å². The molecule has 0 aromatic heterocycles. The number of allylic oxidation sites excluding steroid dienone is 5. The van der Waals surface area contributed by atoms with E-state index in [9.17, 15) is 123 Å². The van der Waals surface area contributed by atoms with Crippen LogP contribution in [0.25, 0.3) is 0 Å². The molecule has 1 unspecified atom stereocenters. The molecule has 43 heteroatoms. The van der Waals surface area contributed by atoms with Crippen LogP contribution in [-0.2, 0) is 100 Å². The van der Waals surface area contributed by atoms with Crippen molar-refractivity contribution in [3.63, 3.8) is 0 Å². The molecule has 0 saturated carbocycles. The molecule has 9 atom stereocenters. The van der Waals surface area contributed by atoms with E-state index in [1.807, 2.05) is 0 Å². The zero-order valence-electron chi connectivity index (χ0n) is 73.6. The minimum Gasteiger partial charge on any atom is -0.466 e. The Bertz CT molecular complexity index is 5170. The molecule has 0 spiro atoms. The van der Waals surface area contributed by atoms with Gasteiger partial charge in [-0.25, -0.2) is 109 Å². The van der Waals surface area contributed by atoms with E-state index in [2.05, 4.69) is 30.7 Å². The number of esters is 10. The lowest BCUT2D eigenvalue weighted by Crippen LogP contribution is -2.30. The number of cyclic esters (lactones) is 4. The van der Waals surface area contributed by atoms with Crippen molar-refractivity contribution in [3.8, 4) is 0 Å². The Balaban J connectivity index is 0.000000222. The van der Waals surface area contributed by atoms with Crippen molar-refractivity contribution in [1.82, 2.24) is 21.3 Å². The van der Waals surface area contributed by atoms with Gasteiger partial charge in [0.25, 0.3) is 0 Å². The fourth-order valence-corrected chi connectivity index (χ4v) is 15.3. The SMILES string of the molecule is CCOC(=O)CC(=O)CCl.COC(=O)/C=C(/C)N.COC(=O)C1=C(C)NC2=C(C(=O)OC2)[C@@H]1c1cccc(F)c1[C@@H](F)CF.COC(=O)C1=C(C)NC2=C(C(=O)OC2)[C@@H]1c1cccc(F)c1[C@H](F)CF.COC(=O)C1=C(C)NC2=C(C(=O)OC2)[C@H]1c1cccc(F)c1[C@@H](F)CF.COC(=O)C1=C(C)NC2=C(C(=O)OC2)[C@H]1c1cccc(F)c1[C@H](F)CF.O=Cc1cccc(F)c1C(F)CF. The Kier molecular flexibility index (Phi) is 39.8. The lowest BCUT2D eigenvalue weighted by Gasteiger charge is -2.29. The van der Waals surface area contributed by atoms with Gasteiger partial charge < -0.3 is 74.4 Å². The van der Waals surface area contributed by atoms with Crippen molar-refractivity contribution in [2.75, 3.05) is 108 Å². The van der Waals surface area contributed by atoms with Crippen LogP contribution in [0.2, 0.25) is 0 Å². The summed E-state index contributed by atoms with van der Waals surface area (Å²) < 4.78 is 251. The molecule has 0 saturated heterocycles. The van der Waals surface area contributed by atoms with Gasteiger partial charge in [-0.2, -0.15) is 0 Å². The molecular formula is C92H89ClF15N5O22. The summed E-state index contributed by atoms with van der Waals surface area (Å²) >= 11 is 5.14. The number of aldehydes is 1. The molecule has 726 valence electrons. The second-order valence-corrected chi connectivity index (χ2v) is 29.5. The summed E-state index contributed by atoms with van der Waals surface area (Å²) in [5.41, 5.74) is 6.17. The fourth-order valence-electron chi connectivity index (χ4n) is 15.2. The maximum Gasteiger partial charge on any atom is 0.337 e. The van der Waals surface area contributed by atoms with Gasteiger partial charge in [0.15, 0.2) is 42.9 Å². The number of rotatable bonds is 24. The molecular weight excluding hydrogens is 1850 g/mol. The summed E-state index contributed by atoms with van der Waals surface area (Å²) in [6.45, 7) is 2.61. The molecule has 6 N–H and O–H groups in total. The van der Waals surface area contributed by atoms with Crippen molar-refractivity contribution in [2.24, 2.45) is 5.73 Å². The zero-order valence-corrected chi connectivity index (χ0v) is 74.4. The number of dihydropyridines is 4. The van der Waals surface area contributed by atoms with Gasteiger partial charge in [-0.1, -0.05) is 60.7 Å². The average molecular weight is 1940 g/mol. The number of hydrogen-bond donors (Lipinski definition) is 5. The molecule has 0 aliphatic carbocycles. The van der Waals surface area contributed by atoms with E-state index in [4.69, 9.17) is 55.2 Å². The quantitative estimate of drug-likeness (QED) is 0.00728. The summed E-state index contributed by atoms with van der Waals surface area (Å²) in [6.07, 6.45) is -9.69. The minimum atomic E-state index is -2.23. The Labute approximate surface area is 765 Å². The fraction of sp³-hybridized carbons (Fsp3) is 0.348. The Morgan fingerprint density at radius 3 is 0.874 bits per heavy atom. The molecule has 135 heavy (non-hydrogen) atoms. The lowest BCUT2D eigenvalue weighted by molar-refractivity contribution is -0.145. The average Bonchev–Trinajstić information content (AvgIpc) is 1.54. The van der Waals surface area contributed by atoms with E-state index in [-0.39, 0.29) is 117 Å². The number of nitrogens with one attached hydrogen (secondary N) is 4. The Morgan fingerprint density at radius 1 is 0.422 bits per heavy atom. The molecule has 0 fully saturated rings. The smallest absolute Gasteiger partial charge is 0.337 e. The van der Waals surface area contributed by atoms with Crippen molar-refractivity contribution in [3.05, 3.63) is 278 Å². The van der Waals surface area contributed by atoms with E-state index in [1.54, 1.807) is 41.5 Å². The minimum absolute atomic E-state index is 0.0113. The largest absolute Gasteiger partial charge is 0.466 e. The van der Waals surface area contributed by atoms with Crippen LogP contribution in [-0.4, -0.2) is 180 Å². The first kappa shape index (κ1) is 108. The molecule has 5 aromatic carbocycles. The number of nitrogens with two attached hydrogens (primary N) is 1. The van der Waals surface area contributed by atoms with Gasteiger partial charge >= 0.3 is 59.7 Å². The molecule has 27 nitrogen and oxygen atoms in total. The van der Waals surface area contributed by atoms with Gasteiger partial charge in [0.2, 0.25) is 0 Å². The standard InChI is InChI=1S/4C18H16F3NO4.C9H7F3O.C6H9ClO3.C5H9NO2/c4*1-8-13(17(23)25-2)15(16-12(22-8)7-26-18(16)24)9-4-3-5-10(20)14(9)11(21)6-19;10-4-8(12)9-6(5-13)2-1-3-7(9)11;1-2-10-6(9)3-5(8)4-7;1-4(6)3-5(7)8-2/h4*3-5,11,15,22H,6-7H2,1-2H3;1-3,5,8H,4H2;2-4H2,1H3;3H,6H2,1-2H3/b;;;;;;4-3-/t2*11-,15+;2*11-,15-;;;/m1010.../s1. The van der Waals surface area contributed by atoms with Crippen LogP contribution in [0.3, 0.4) is 0 Å². The number of carbonyl (C=O) groups is 12. The van der Waals surface area contributed by atoms with Crippen LogP contribution >= 0.6 is 11.6 Å². The highest BCUT2D eigenvalue weighted by molar-refractivity contribution is 6.28. The van der Waals surface area contributed by atoms with Gasteiger partial charge in [0.1, 0.15) is 95.3 Å². The van der Waals surface area contributed by atoms with Crippen LogP contribution in [0.1, 0.15) is 163 Å². The predicted molar refractivity (Wildman–Crippen MR) is 448 cm³/mol. The molecule has 8 heterocycles. The maximum atomic E-state index is 14.3. The van der Waals surface area contributed by atoms with Crippen LogP contribution in [0.15, 0.2) is 193 Å². The highest BCUT2D eigenvalue weighted by Crippen LogP contribution is 2.50. The van der Waals surface area contributed by atoms with Gasteiger partial charge in [-0.3, -0.25) is 14.4 Å². The molecule has 0 amide bonds. The third-order valence-corrected chi connectivity index (χ3v) is 21.2. The topological polar surface area (TPSA) is 371 Å². The Morgan fingerprint density at radius 2 is 0.667 bits per heavy atom. The van der Waals surface area contributed by atoms with Crippen molar-refractivity contribution in [2.45, 2.75) is 102 Å². The number of benzene rings is 5. The van der Waals surface area contributed by atoms with Gasteiger partial charge in [0.05, 0.1) is 139 Å². The number of alkyl halides is 11. The second kappa shape index (κ2) is 49.7. The molecule has 5 aromatic rings. The van der Waals surface area contributed by atoms with Crippen molar-refractivity contribution in [1.29, 1.82) is 0 Å².